The van der Waals surface area contributed by atoms with Crippen LogP contribution in [0.1, 0.15) is 82.9 Å². The molecule has 0 amide bonds. The number of fused-ring (bicyclic) bond motifs is 1. The third-order valence-electron chi connectivity index (χ3n) is 9.12. The number of likely N-dealkylation sites (tertiary alicyclic amines) is 1. The maximum Gasteiger partial charge on any atom is 0.171 e. The number of piperidine rings is 1. The molecule has 1 N–H and O–H groups in total. The fraction of sp³-hybridized carbons (Fsp3) is 0.607. The predicted molar refractivity (Wildman–Crippen MR) is 146 cm³/mol. The number of hydrogen-bond donors (Lipinski definition) is 1. The second kappa shape index (κ2) is 10.6. The van der Waals surface area contributed by atoms with Gasteiger partial charge in [0, 0.05) is 42.7 Å². The first kappa shape index (κ1) is 24.7. The molecule has 0 spiro atoms. The number of pyridine rings is 1. The van der Waals surface area contributed by atoms with E-state index < -0.39 is 0 Å². The lowest BCUT2D eigenvalue weighted by atomic mass is 9.72. The zero-order valence-electron chi connectivity index (χ0n) is 21.4. The average Bonchev–Trinajstić information content (AvgIpc) is 3.55. The Morgan fingerprint density at radius 2 is 1.91 bits per heavy atom. The third kappa shape index (κ3) is 5.12. The van der Waals surface area contributed by atoms with Crippen LogP contribution in [0.4, 0.5) is 5.82 Å². The first-order chi connectivity index (χ1) is 17.0. The lowest BCUT2D eigenvalue weighted by Crippen LogP contribution is -2.40. The van der Waals surface area contributed by atoms with Crippen molar-refractivity contribution in [3.8, 4) is 0 Å². The van der Waals surface area contributed by atoms with Crippen LogP contribution in [0.3, 0.4) is 0 Å². The van der Waals surface area contributed by atoms with Gasteiger partial charge in [0.2, 0.25) is 0 Å². The van der Waals surface area contributed by atoms with Crippen LogP contribution in [0.25, 0.3) is 5.65 Å². The van der Waals surface area contributed by atoms with Gasteiger partial charge in [0.05, 0.1) is 10.7 Å². The van der Waals surface area contributed by atoms with E-state index in [2.05, 4.69) is 69.1 Å². The fourth-order valence-corrected chi connectivity index (χ4v) is 6.64. The Bertz CT molecular complexity index is 1120. The van der Waals surface area contributed by atoms with E-state index in [1.165, 1.54) is 63.7 Å². The summed E-state index contributed by atoms with van der Waals surface area (Å²) in [5.74, 6) is 2.36. The Morgan fingerprint density at radius 1 is 1.11 bits per heavy atom. The van der Waals surface area contributed by atoms with Crippen LogP contribution in [0.5, 0.6) is 0 Å². The van der Waals surface area contributed by atoms with Crippen molar-refractivity contribution in [1.82, 2.24) is 24.5 Å². The lowest BCUT2D eigenvalue weighted by molar-refractivity contribution is 0.127. The molecule has 3 aromatic heterocycles. The molecule has 35 heavy (non-hydrogen) atoms. The number of hydrogen-bond acceptors (Lipinski definition) is 5. The van der Waals surface area contributed by atoms with Crippen LogP contribution < -0.4 is 5.32 Å². The van der Waals surface area contributed by atoms with Gasteiger partial charge in [0.1, 0.15) is 5.82 Å². The Hall–Kier alpha value is -1.99. The Kier molecular flexibility index (Phi) is 7.44. The maximum atomic E-state index is 5.05. The van der Waals surface area contributed by atoms with Crippen molar-refractivity contribution in [3.05, 3.63) is 52.5 Å². The second-order valence-corrected chi connectivity index (χ2v) is 11.7. The highest BCUT2D eigenvalue weighted by atomic mass is 79.9. The van der Waals surface area contributed by atoms with Crippen LogP contribution in [-0.4, -0.2) is 43.6 Å². The molecule has 2 atom stereocenters. The number of anilines is 1. The van der Waals surface area contributed by atoms with Crippen molar-refractivity contribution in [2.24, 2.45) is 11.3 Å². The quantitative estimate of drug-likeness (QED) is 0.346. The van der Waals surface area contributed by atoms with Crippen molar-refractivity contribution < 1.29 is 0 Å². The summed E-state index contributed by atoms with van der Waals surface area (Å²) in [6.07, 6.45) is 14.7. The first-order valence-corrected chi connectivity index (χ1v) is 14.2. The topological polar surface area (TPSA) is 58.4 Å². The molecule has 6 nitrogen and oxygen atoms in total. The van der Waals surface area contributed by atoms with Crippen LogP contribution in [0.2, 0.25) is 0 Å². The molecule has 3 aromatic rings. The summed E-state index contributed by atoms with van der Waals surface area (Å²) in [5.41, 5.74) is 3.73. The van der Waals surface area contributed by atoms with Crippen molar-refractivity contribution in [2.45, 2.75) is 84.2 Å². The summed E-state index contributed by atoms with van der Waals surface area (Å²) in [5, 5.41) is 8.11. The maximum absolute atomic E-state index is 5.05. The Morgan fingerprint density at radius 3 is 2.63 bits per heavy atom. The molecule has 1 saturated carbocycles. The summed E-state index contributed by atoms with van der Waals surface area (Å²) in [7, 11) is 0. The van der Waals surface area contributed by atoms with Crippen LogP contribution in [-0.2, 0) is 6.54 Å². The Labute approximate surface area is 218 Å². The normalized spacial score (nSPS) is 22.2. The highest BCUT2D eigenvalue weighted by Gasteiger charge is 2.39. The third-order valence-corrected chi connectivity index (χ3v) is 9.67. The smallest absolute Gasteiger partial charge is 0.171 e. The molecule has 2 fully saturated rings. The van der Waals surface area contributed by atoms with E-state index in [4.69, 9.17) is 4.98 Å². The lowest BCUT2D eigenvalue weighted by Gasteiger charge is -2.38. The van der Waals surface area contributed by atoms with Gasteiger partial charge in [-0.3, -0.25) is 4.98 Å². The number of halogens is 1. The number of nitrogens with one attached hydrogen (secondary N) is 1. The molecule has 1 saturated heterocycles. The zero-order valence-corrected chi connectivity index (χ0v) is 23.0. The monoisotopic (exact) mass is 538 g/mol. The van der Waals surface area contributed by atoms with Gasteiger partial charge in [-0.1, -0.05) is 39.7 Å². The molecule has 1 aliphatic heterocycles. The van der Waals surface area contributed by atoms with Gasteiger partial charge in [-0.15, -0.1) is 0 Å². The molecule has 4 heterocycles. The van der Waals surface area contributed by atoms with Crippen molar-refractivity contribution in [1.29, 1.82) is 0 Å². The van der Waals surface area contributed by atoms with Gasteiger partial charge in [0.25, 0.3) is 0 Å². The molecule has 1 aliphatic carbocycles. The van der Waals surface area contributed by atoms with Crippen LogP contribution >= 0.6 is 15.9 Å². The van der Waals surface area contributed by atoms with E-state index >= 15 is 0 Å². The van der Waals surface area contributed by atoms with Gasteiger partial charge >= 0.3 is 0 Å². The minimum atomic E-state index is 0.491. The zero-order chi connectivity index (χ0) is 24.4. The second-order valence-electron chi connectivity index (χ2n) is 10.8. The van der Waals surface area contributed by atoms with E-state index in [0.717, 1.165) is 33.5 Å². The fourth-order valence-electron chi connectivity index (χ4n) is 6.30. The summed E-state index contributed by atoms with van der Waals surface area (Å²) in [6.45, 7) is 10.4. The highest BCUT2D eigenvalue weighted by Crippen LogP contribution is 2.46. The standard InChI is InChI=1S/C28H39BrN6/c1-4-28(3,5-2)22-8-9-23(15-22)34-13-10-21(11-14-34)25-16-26(31-18-20-7-6-12-30-17-20)35-27(33-25)24(29)19-32-35/h6-7,12,16-17,19,21-23,31H,4-5,8-11,13-15,18H2,1-3H3. The molecular formula is C28H39BrN6. The largest absolute Gasteiger partial charge is 0.366 e. The summed E-state index contributed by atoms with van der Waals surface area (Å²) in [6, 6.07) is 7.04. The minimum absolute atomic E-state index is 0.491. The number of aromatic nitrogens is 4. The first-order valence-electron chi connectivity index (χ1n) is 13.4. The molecule has 5 rings (SSSR count). The molecule has 188 valence electrons. The van der Waals surface area contributed by atoms with Crippen molar-refractivity contribution in [3.63, 3.8) is 0 Å². The summed E-state index contributed by atoms with van der Waals surface area (Å²) in [4.78, 5) is 12.1. The summed E-state index contributed by atoms with van der Waals surface area (Å²) < 4.78 is 2.84. The van der Waals surface area contributed by atoms with E-state index in [1.54, 1.807) is 6.20 Å². The van der Waals surface area contributed by atoms with Crippen LogP contribution in [0.15, 0.2) is 41.3 Å². The average molecular weight is 540 g/mol. The molecule has 0 bridgehead atoms. The number of rotatable bonds is 8. The molecule has 2 aliphatic rings. The molecule has 7 heteroatoms. The minimum Gasteiger partial charge on any atom is -0.366 e. The molecule has 0 radical (unpaired) electrons. The van der Waals surface area contributed by atoms with Gasteiger partial charge in [-0.05, 0) is 84.1 Å². The number of nitrogens with zero attached hydrogens (tertiary/aromatic N) is 5. The van der Waals surface area contributed by atoms with Crippen molar-refractivity contribution in [2.75, 3.05) is 18.4 Å². The molecule has 0 aromatic carbocycles. The van der Waals surface area contributed by atoms with Gasteiger partial charge in [-0.25, -0.2) is 4.98 Å². The van der Waals surface area contributed by atoms with Crippen molar-refractivity contribution >= 4 is 27.4 Å². The van der Waals surface area contributed by atoms with Crippen LogP contribution in [0, 0.1) is 11.3 Å². The Balaban J connectivity index is 1.26. The SMILES string of the molecule is CCC(C)(CC)C1CCC(N2CCC(c3cc(NCc4cccnc4)n4ncc(Br)c4n3)CC2)C1. The molecule has 2 unspecified atom stereocenters. The van der Waals surface area contributed by atoms with Gasteiger partial charge in [-0.2, -0.15) is 9.61 Å². The highest BCUT2D eigenvalue weighted by molar-refractivity contribution is 9.10. The summed E-state index contributed by atoms with van der Waals surface area (Å²) >= 11 is 3.65. The molecular weight excluding hydrogens is 500 g/mol. The van der Waals surface area contributed by atoms with E-state index in [-0.39, 0.29) is 0 Å². The predicted octanol–water partition coefficient (Wildman–Crippen LogP) is 6.67. The van der Waals surface area contributed by atoms with Gasteiger partial charge in [0.15, 0.2) is 5.65 Å². The van der Waals surface area contributed by atoms with Gasteiger partial charge < -0.3 is 10.2 Å². The van der Waals surface area contributed by atoms with E-state index in [1.807, 2.05) is 23.0 Å². The van der Waals surface area contributed by atoms with E-state index in [0.29, 0.717) is 17.9 Å². The van der Waals surface area contributed by atoms with E-state index in [9.17, 15) is 0 Å².